The summed E-state index contributed by atoms with van der Waals surface area (Å²) >= 11 is 15.3. The van der Waals surface area contributed by atoms with E-state index in [1.807, 2.05) is 24.3 Å². The van der Waals surface area contributed by atoms with E-state index in [4.69, 9.17) is 38.4 Å². The third kappa shape index (κ3) is 4.40. The van der Waals surface area contributed by atoms with E-state index in [-0.39, 0.29) is 17.2 Å². The van der Waals surface area contributed by atoms with E-state index < -0.39 is 5.92 Å². The van der Waals surface area contributed by atoms with Gasteiger partial charge in [-0.25, -0.2) is 0 Å². The number of rotatable bonds is 4. The van der Waals surface area contributed by atoms with Crippen LogP contribution in [0, 0.1) is 14.9 Å². The molecule has 4 rings (SSSR count). The minimum absolute atomic E-state index is 0.00670. The van der Waals surface area contributed by atoms with Gasteiger partial charge >= 0.3 is 0 Å². The van der Waals surface area contributed by atoms with Crippen LogP contribution in [0.5, 0.6) is 5.75 Å². The number of hydrogen-bond acceptors (Lipinski definition) is 5. The standard InChI is InChI=1S/C23H17Cl2IN2O3/c24-16-8-13(9-17(25)22(16)30-11-12-4-6-14(26)7-5-12)20-15(10-27)23(28)31-19-3-1-2-18(29)21(19)20/h4-9,20H,1-3,11,28H2/t20-/m1/s1. The zero-order valence-electron chi connectivity index (χ0n) is 16.3. The number of halogens is 3. The molecule has 8 heteroatoms. The molecule has 1 atom stereocenters. The second kappa shape index (κ2) is 9.11. The number of nitriles is 1. The van der Waals surface area contributed by atoms with Crippen LogP contribution in [-0.4, -0.2) is 5.78 Å². The normalized spacial score (nSPS) is 18.4. The van der Waals surface area contributed by atoms with Crippen LogP contribution in [0.4, 0.5) is 0 Å². The van der Waals surface area contributed by atoms with Crippen LogP contribution in [0.3, 0.4) is 0 Å². The number of ether oxygens (including phenoxy) is 2. The summed E-state index contributed by atoms with van der Waals surface area (Å²) in [6.07, 6.45) is 1.68. The minimum atomic E-state index is -0.665. The lowest BCUT2D eigenvalue weighted by Crippen LogP contribution is -2.27. The SMILES string of the molecule is N#CC1=C(N)OC2=C(C(=O)CCC2)[C@@H]1c1cc(Cl)c(OCc2ccc(I)cc2)c(Cl)c1. The Morgan fingerprint density at radius 1 is 1.19 bits per heavy atom. The van der Waals surface area contributed by atoms with Crippen molar-refractivity contribution in [1.82, 2.24) is 0 Å². The summed E-state index contributed by atoms with van der Waals surface area (Å²) in [5.74, 6) is 0.146. The predicted octanol–water partition coefficient (Wildman–Crippen LogP) is 5.99. The summed E-state index contributed by atoms with van der Waals surface area (Å²) in [6, 6.07) is 13.3. The Labute approximate surface area is 203 Å². The van der Waals surface area contributed by atoms with Crippen LogP contribution in [0.1, 0.15) is 36.3 Å². The van der Waals surface area contributed by atoms with Crippen LogP contribution in [0.15, 0.2) is 59.2 Å². The van der Waals surface area contributed by atoms with Gasteiger partial charge < -0.3 is 15.2 Å². The van der Waals surface area contributed by atoms with E-state index in [0.29, 0.717) is 58.6 Å². The third-order valence-electron chi connectivity index (χ3n) is 5.26. The molecule has 1 aliphatic carbocycles. The molecule has 2 N–H and O–H groups in total. The molecular formula is C23H17Cl2IN2O3. The summed E-state index contributed by atoms with van der Waals surface area (Å²) in [7, 11) is 0. The van der Waals surface area contributed by atoms with E-state index in [9.17, 15) is 10.1 Å². The fourth-order valence-corrected chi connectivity index (χ4v) is 4.78. The van der Waals surface area contributed by atoms with Gasteiger partial charge in [0.25, 0.3) is 0 Å². The van der Waals surface area contributed by atoms with Gasteiger partial charge in [0.15, 0.2) is 11.5 Å². The maximum Gasteiger partial charge on any atom is 0.205 e. The molecule has 0 saturated heterocycles. The molecule has 31 heavy (non-hydrogen) atoms. The first-order chi connectivity index (χ1) is 14.9. The largest absolute Gasteiger partial charge is 0.486 e. The second-order valence-electron chi connectivity index (χ2n) is 7.27. The first kappa shape index (κ1) is 22.0. The molecule has 0 bridgehead atoms. The van der Waals surface area contributed by atoms with Crippen molar-refractivity contribution in [2.75, 3.05) is 0 Å². The highest BCUT2D eigenvalue weighted by atomic mass is 127. The van der Waals surface area contributed by atoms with Gasteiger partial charge in [-0.1, -0.05) is 35.3 Å². The fourth-order valence-electron chi connectivity index (χ4n) is 3.81. The van der Waals surface area contributed by atoms with Crippen molar-refractivity contribution < 1.29 is 14.3 Å². The Morgan fingerprint density at radius 2 is 1.87 bits per heavy atom. The van der Waals surface area contributed by atoms with Gasteiger partial charge in [-0.3, -0.25) is 4.79 Å². The number of carbonyl (C=O) groups excluding carboxylic acids is 1. The minimum Gasteiger partial charge on any atom is -0.486 e. The molecule has 0 aromatic heterocycles. The van der Waals surface area contributed by atoms with Crippen LogP contribution in [-0.2, 0) is 16.1 Å². The highest BCUT2D eigenvalue weighted by molar-refractivity contribution is 14.1. The molecule has 158 valence electrons. The second-order valence-corrected chi connectivity index (χ2v) is 9.33. The van der Waals surface area contributed by atoms with Gasteiger partial charge in [-0.05, 0) is 64.4 Å². The average Bonchev–Trinajstić information content (AvgIpc) is 2.73. The van der Waals surface area contributed by atoms with E-state index >= 15 is 0 Å². The maximum atomic E-state index is 12.7. The summed E-state index contributed by atoms with van der Waals surface area (Å²) in [5, 5.41) is 10.3. The zero-order chi connectivity index (χ0) is 22.1. The van der Waals surface area contributed by atoms with Crippen LogP contribution in [0.25, 0.3) is 0 Å². The number of allylic oxidation sites excluding steroid dienone is 3. The third-order valence-corrected chi connectivity index (χ3v) is 6.54. The average molecular weight is 567 g/mol. The van der Waals surface area contributed by atoms with Gasteiger partial charge in [0.2, 0.25) is 5.88 Å². The lowest BCUT2D eigenvalue weighted by Gasteiger charge is -2.31. The van der Waals surface area contributed by atoms with E-state index in [1.54, 1.807) is 12.1 Å². The summed E-state index contributed by atoms with van der Waals surface area (Å²) in [6.45, 7) is 0.303. The Hall–Kier alpha value is -2.21. The summed E-state index contributed by atoms with van der Waals surface area (Å²) in [4.78, 5) is 12.7. The predicted molar refractivity (Wildman–Crippen MR) is 126 cm³/mol. The van der Waals surface area contributed by atoms with Crippen molar-refractivity contribution in [3.05, 3.63) is 83.9 Å². The molecule has 0 saturated carbocycles. The van der Waals surface area contributed by atoms with Crippen molar-refractivity contribution in [3.63, 3.8) is 0 Å². The van der Waals surface area contributed by atoms with Crippen molar-refractivity contribution in [1.29, 1.82) is 5.26 Å². The van der Waals surface area contributed by atoms with Gasteiger partial charge in [0.05, 0.1) is 16.0 Å². The lowest BCUT2D eigenvalue weighted by atomic mass is 9.77. The molecular weight excluding hydrogens is 550 g/mol. The molecule has 0 fully saturated rings. The van der Waals surface area contributed by atoms with Crippen molar-refractivity contribution in [3.8, 4) is 11.8 Å². The molecule has 1 heterocycles. The van der Waals surface area contributed by atoms with Gasteiger partial charge in [-0.15, -0.1) is 0 Å². The number of ketones is 1. The summed E-state index contributed by atoms with van der Waals surface area (Å²) in [5.41, 5.74) is 8.20. The maximum absolute atomic E-state index is 12.7. The number of nitrogens with two attached hydrogens (primary N) is 1. The van der Waals surface area contributed by atoms with Crippen LogP contribution in [0.2, 0.25) is 10.0 Å². The Morgan fingerprint density at radius 3 is 2.52 bits per heavy atom. The molecule has 0 spiro atoms. The number of hydrogen-bond donors (Lipinski definition) is 1. The molecule has 1 aliphatic heterocycles. The van der Waals surface area contributed by atoms with Crippen LogP contribution >= 0.6 is 45.8 Å². The number of nitrogens with zero attached hydrogens (tertiary/aromatic N) is 1. The summed E-state index contributed by atoms with van der Waals surface area (Å²) < 4.78 is 12.6. The van der Waals surface area contributed by atoms with E-state index in [1.165, 1.54) is 0 Å². The molecule has 0 unspecified atom stereocenters. The van der Waals surface area contributed by atoms with Crippen molar-refractivity contribution in [2.45, 2.75) is 31.8 Å². The monoisotopic (exact) mass is 566 g/mol. The number of carbonyl (C=O) groups is 1. The Kier molecular flexibility index (Phi) is 6.47. The molecule has 5 nitrogen and oxygen atoms in total. The topological polar surface area (TPSA) is 85.3 Å². The lowest BCUT2D eigenvalue weighted by molar-refractivity contribution is -0.116. The Bertz CT molecular complexity index is 1140. The Balaban J connectivity index is 1.69. The first-order valence-corrected chi connectivity index (χ1v) is 11.4. The van der Waals surface area contributed by atoms with Gasteiger partial charge in [0, 0.05) is 22.0 Å². The molecule has 2 aliphatic rings. The van der Waals surface area contributed by atoms with E-state index in [0.717, 1.165) is 9.13 Å². The molecule has 2 aromatic carbocycles. The molecule has 0 radical (unpaired) electrons. The fraction of sp³-hybridized carbons (Fsp3) is 0.217. The quantitative estimate of drug-likeness (QED) is 0.459. The van der Waals surface area contributed by atoms with Gasteiger partial charge in [0.1, 0.15) is 24.0 Å². The van der Waals surface area contributed by atoms with Crippen molar-refractivity contribution >= 4 is 51.6 Å². The smallest absolute Gasteiger partial charge is 0.205 e. The molecule has 2 aromatic rings. The van der Waals surface area contributed by atoms with Crippen LogP contribution < -0.4 is 10.5 Å². The zero-order valence-corrected chi connectivity index (χ0v) is 19.9. The number of benzene rings is 2. The van der Waals surface area contributed by atoms with E-state index in [2.05, 4.69) is 28.7 Å². The highest BCUT2D eigenvalue weighted by Crippen LogP contribution is 2.46. The highest BCUT2D eigenvalue weighted by Gasteiger charge is 2.38. The first-order valence-electron chi connectivity index (χ1n) is 9.59. The van der Waals surface area contributed by atoms with Crippen molar-refractivity contribution in [2.24, 2.45) is 5.73 Å². The van der Waals surface area contributed by atoms with Gasteiger partial charge in [-0.2, -0.15) is 5.26 Å². The molecule has 0 amide bonds. The number of Topliss-reactive ketones (excluding diaryl/α,β-unsaturated/α-hetero) is 1.